The third-order valence-corrected chi connectivity index (χ3v) is 10.2. The lowest BCUT2D eigenvalue weighted by Crippen LogP contribution is -2.16. The predicted molar refractivity (Wildman–Crippen MR) is 221 cm³/mol. The van der Waals surface area contributed by atoms with Crippen molar-refractivity contribution in [1.29, 1.82) is 0 Å². The molecule has 0 saturated heterocycles. The number of benzene rings is 1. The molecule has 0 aromatic heterocycles. The highest BCUT2D eigenvalue weighted by Crippen LogP contribution is 2.15. The van der Waals surface area contributed by atoms with Crippen molar-refractivity contribution in [3.8, 4) is 0 Å². The Bertz CT molecular complexity index is 1100. The number of aryl methyl sites for hydroxylation is 1. The second-order valence-corrected chi connectivity index (χ2v) is 15.5. The summed E-state index contributed by atoms with van der Waals surface area (Å²) in [7, 11) is -3.78. The normalized spacial score (nSPS) is 11.8. The highest BCUT2D eigenvalue weighted by atomic mass is 32.2. The molecule has 1 rings (SSSR count). The highest BCUT2D eigenvalue weighted by molar-refractivity contribution is 7.86. The Morgan fingerprint density at radius 1 is 0.421 bits per heavy atom. The van der Waals surface area contributed by atoms with E-state index in [2.05, 4.69) is 6.92 Å². The van der Waals surface area contributed by atoms with Crippen LogP contribution in [0.15, 0.2) is 29.2 Å². The van der Waals surface area contributed by atoms with Crippen molar-refractivity contribution in [2.75, 3.05) is 119 Å². The molecule has 13 nitrogen and oxygen atoms in total. The Morgan fingerprint density at radius 3 is 1.07 bits per heavy atom. The van der Waals surface area contributed by atoms with Crippen molar-refractivity contribution in [2.24, 2.45) is 0 Å². The second-order valence-electron chi connectivity index (χ2n) is 13.9. The summed E-state index contributed by atoms with van der Waals surface area (Å²) in [6.07, 6.45) is 20.1. The van der Waals surface area contributed by atoms with E-state index in [1.54, 1.807) is 12.1 Å². The first kappa shape index (κ1) is 53.3. The summed E-state index contributed by atoms with van der Waals surface area (Å²) in [5.41, 5.74) is 0.975. The first-order chi connectivity index (χ1) is 28.0. The summed E-state index contributed by atoms with van der Waals surface area (Å²) >= 11 is 0. The Labute approximate surface area is 345 Å². The lowest BCUT2D eigenvalue weighted by atomic mass is 10.0. The Hall–Kier alpha value is -1.72. The van der Waals surface area contributed by atoms with Gasteiger partial charge in [0.25, 0.3) is 10.1 Å². The topological polar surface area (TPSA) is 144 Å². The van der Waals surface area contributed by atoms with Gasteiger partial charge in [-0.1, -0.05) is 115 Å². The van der Waals surface area contributed by atoms with E-state index in [1.165, 1.54) is 95.6 Å². The van der Waals surface area contributed by atoms with Crippen LogP contribution >= 0.6 is 0 Å². The van der Waals surface area contributed by atoms with E-state index in [9.17, 15) is 13.2 Å². The van der Waals surface area contributed by atoms with E-state index in [4.69, 9.17) is 46.8 Å². The molecule has 0 radical (unpaired) electrons. The molecular weight excluding hydrogens is 757 g/mol. The molecule has 0 bridgehead atoms. The Balaban J connectivity index is 1.68. The van der Waals surface area contributed by atoms with Crippen LogP contribution in [-0.4, -0.2) is 133 Å². The van der Waals surface area contributed by atoms with Crippen LogP contribution in [0.3, 0.4) is 0 Å². The minimum absolute atomic E-state index is 0.0613. The monoisotopic (exact) mass is 835 g/mol. The van der Waals surface area contributed by atoms with Gasteiger partial charge >= 0.3 is 5.97 Å². The number of carbonyl (C=O) groups is 1. The van der Waals surface area contributed by atoms with Gasteiger partial charge in [0.15, 0.2) is 0 Å². The average Bonchev–Trinajstić information content (AvgIpc) is 3.20. The molecule has 57 heavy (non-hydrogen) atoms. The average molecular weight is 835 g/mol. The van der Waals surface area contributed by atoms with Crippen molar-refractivity contribution in [3.63, 3.8) is 0 Å². The fraction of sp³-hybridized carbons (Fsp3) is 0.837. The zero-order chi connectivity index (χ0) is 41.2. The van der Waals surface area contributed by atoms with Gasteiger partial charge in [-0.3, -0.25) is 8.98 Å². The largest absolute Gasteiger partial charge is 0.463 e. The van der Waals surface area contributed by atoms with Crippen molar-refractivity contribution in [3.05, 3.63) is 29.8 Å². The number of carbonyl (C=O) groups excluding carboxylic acids is 1. The highest BCUT2D eigenvalue weighted by Gasteiger charge is 2.14. The van der Waals surface area contributed by atoms with Gasteiger partial charge in [-0.25, -0.2) is 0 Å². The summed E-state index contributed by atoms with van der Waals surface area (Å²) < 4.78 is 78.1. The van der Waals surface area contributed by atoms with Crippen LogP contribution in [0.2, 0.25) is 0 Å². The first-order valence-electron chi connectivity index (χ1n) is 21.7. The van der Waals surface area contributed by atoms with Gasteiger partial charge in [0.2, 0.25) is 0 Å². The molecule has 0 heterocycles. The van der Waals surface area contributed by atoms with Crippen molar-refractivity contribution in [1.82, 2.24) is 0 Å². The summed E-state index contributed by atoms with van der Waals surface area (Å²) in [5, 5.41) is 0. The molecule has 14 heteroatoms. The van der Waals surface area contributed by atoms with Crippen molar-refractivity contribution in [2.45, 2.75) is 121 Å². The molecule has 0 atom stereocenters. The molecule has 0 N–H and O–H groups in total. The Kier molecular flexibility index (Phi) is 38.4. The predicted octanol–water partition coefficient (Wildman–Crippen LogP) is 7.64. The van der Waals surface area contributed by atoms with Gasteiger partial charge in [0.05, 0.1) is 117 Å². The van der Waals surface area contributed by atoms with Gasteiger partial charge in [0.1, 0.15) is 6.61 Å². The van der Waals surface area contributed by atoms with Crippen LogP contribution in [0.5, 0.6) is 0 Å². The van der Waals surface area contributed by atoms with E-state index in [1.807, 2.05) is 6.92 Å². The number of hydrogen-bond donors (Lipinski definition) is 0. The van der Waals surface area contributed by atoms with Crippen molar-refractivity contribution < 1.29 is 60.0 Å². The molecule has 0 aliphatic carbocycles. The summed E-state index contributed by atoms with van der Waals surface area (Å²) in [4.78, 5) is 12.0. The van der Waals surface area contributed by atoms with Gasteiger partial charge in [-0.2, -0.15) is 8.42 Å². The fourth-order valence-electron chi connectivity index (χ4n) is 5.54. The molecule has 334 valence electrons. The minimum atomic E-state index is -3.78. The van der Waals surface area contributed by atoms with E-state index < -0.39 is 10.1 Å². The van der Waals surface area contributed by atoms with Gasteiger partial charge in [0, 0.05) is 6.42 Å². The lowest BCUT2D eigenvalue weighted by molar-refractivity contribution is -0.145. The number of unbranched alkanes of at least 4 members (excludes halogenated alkanes) is 14. The molecule has 0 saturated carbocycles. The number of esters is 1. The Morgan fingerprint density at radius 2 is 0.719 bits per heavy atom. The van der Waals surface area contributed by atoms with Gasteiger partial charge in [-0.05, 0) is 25.5 Å². The van der Waals surface area contributed by atoms with E-state index >= 15 is 0 Å². The van der Waals surface area contributed by atoms with Crippen LogP contribution in [0.25, 0.3) is 0 Å². The molecule has 0 amide bonds. The first-order valence-corrected chi connectivity index (χ1v) is 23.1. The lowest BCUT2D eigenvalue weighted by Gasteiger charge is -2.09. The number of rotatable bonds is 45. The molecule has 0 fully saturated rings. The van der Waals surface area contributed by atoms with Crippen LogP contribution < -0.4 is 0 Å². The molecular formula is C43H78O13S. The van der Waals surface area contributed by atoms with E-state index in [0.717, 1.165) is 18.4 Å². The third-order valence-electron chi connectivity index (χ3n) is 8.86. The van der Waals surface area contributed by atoms with Gasteiger partial charge < -0.3 is 42.6 Å². The molecule has 0 aliphatic heterocycles. The maximum Gasteiger partial charge on any atom is 0.305 e. The van der Waals surface area contributed by atoms with Crippen LogP contribution in [0.1, 0.15) is 115 Å². The standard InChI is InChI=1S/C43H78O13S/c1-3-4-5-6-7-8-9-10-11-12-13-14-15-16-17-18-43(44)55-39-37-53-35-33-51-31-29-49-27-25-47-23-24-48-26-28-50-30-32-52-34-36-54-38-40-56-57(45,46)42-21-19-41(2)20-22-42/h19-22H,3-18,23-40H2,1-2H3. The smallest absolute Gasteiger partial charge is 0.305 e. The molecule has 1 aromatic rings. The number of ether oxygens (including phenoxy) is 9. The van der Waals surface area contributed by atoms with Crippen LogP contribution in [-0.2, 0) is 61.7 Å². The minimum Gasteiger partial charge on any atom is -0.463 e. The molecule has 0 aliphatic rings. The zero-order valence-corrected chi connectivity index (χ0v) is 36.4. The maximum atomic E-state index is 12.1. The van der Waals surface area contributed by atoms with E-state index in [-0.39, 0.29) is 30.7 Å². The summed E-state index contributed by atoms with van der Waals surface area (Å²) in [5.74, 6) is -0.139. The van der Waals surface area contributed by atoms with Gasteiger partial charge in [-0.15, -0.1) is 0 Å². The van der Waals surface area contributed by atoms with Crippen molar-refractivity contribution >= 4 is 16.1 Å². The van der Waals surface area contributed by atoms with Crippen LogP contribution in [0.4, 0.5) is 0 Å². The van der Waals surface area contributed by atoms with Crippen LogP contribution in [0, 0.1) is 6.92 Å². The SMILES string of the molecule is CCCCCCCCCCCCCCCCCC(=O)OCCOCCOCCOCCOCCOCCOCCOCCOCCOS(=O)(=O)c1ccc(C)cc1. The molecule has 1 aromatic carbocycles. The van der Waals surface area contributed by atoms with E-state index in [0.29, 0.717) is 106 Å². The zero-order valence-electron chi connectivity index (χ0n) is 35.6. The molecule has 0 spiro atoms. The molecule has 0 unspecified atom stereocenters. The third kappa shape index (κ3) is 37.0. The maximum absolute atomic E-state index is 12.1. The number of hydrogen-bond acceptors (Lipinski definition) is 13. The summed E-state index contributed by atoms with van der Waals surface area (Å²) in [6, 6.07) is 6.49. The quantitative estimate of drug-likeness (QED) is 0.0361. The summed E-state index contributed by atoms with van der Waals surface area (Å²) in [6.45, 7) is 11.1. The second kappa shape index (κ2) is 41.0. The fourth-order valence-corrected chi connectivity index (χ4v) is 6.44.